The fourth-order valence-electron chi connectivity index (χ4n) is 4.33. The second kappa shape index (κ2) is 10.0. The van der Waals surface area contributed by atoms with E-state index in [2.05, 4.69) is 14.9 Å². The van der Waals surface area contributed by atoms with Crippen LogP contribution in [-0.4, -0.2) is 63.0 Å². The number of anilines is 1. The normalized spacial score (nSPS) is 15.7. The Balaban J connectivity index is 1.32. The number of carboxylic acid groups (broad SMARTS) is 1. The van der Waals surface area contributed by atoms with E-state index in [4.69, 9.17) is 0 Å². The average Bonchev–Trinajstić information content (AvgIpc) is 3.22. The molecule has 1 fully saturated rings. The molecule has 0 radical (unpaired) electrons. The van der Waals surface area contributed by atoms with Crippen LogP contribution in [0, 0.1) is 0 Å². The highest BCUT2D eigenvalue weighted by molar-refractivity contribution is 5.76. The minimum Gasteiger partial charge on any atom is -0.481 e. The maximum atomic E-state index is 12.5. The van der Waals surface area contributed by atoms with Crippen LogP contribution in [0.2, 0.25) is 0 Å². The predicted octanol–water partition coefficient (Wildman–Crippen LogP) is 3.00. The molecular formula is C25H31N5O3. The van der Waals surface area contributed by atoms with Crippen LogP contribution in [-0.2, 0) is 4.79 Å². The Morgan fingerprint density at radius 1 is 0.970 bits per heavy atom. The van der Waals surface area contributed by atoms with Gasteiger partial charge in [0.2, 0.25) is 0 Å². The first kappa shape index (κ1) is 22.8. The number of piperazine rings is 1. The van der Waals surface area contributed by atoms with Gasteiger partial charge < -0.3 is 10.0 Å². The van der Waals surface area contributed by atoms with E-state index in [0.29, 0.717) is 6.42 Å². The van der Waals surface area contributed by atoms with E-state index < -0.39 is 11.9 Å². The second-order valence-electron chi connectivity index (χ2n) is 8.76. The average molecular weight is 450 g/mol. The number of hydrogen-bond acceptors (Lipinski definition) is 5. The molecule has 8 heteroatoms. The van der Waals surface area contributed by atoms with Crippen molar-refractivity contribution < 1.29 is 9.90 Å². The van der Waals surface area contributed by atoms with Gasteiger partial charge in [0.25, 0.3) is 0 Å². The second-order valence-corrected chi connectivity index (χ2v) is 8.76. The molecule has 2 heterocycles. The van der Waals surface area contributed by atoms with Gasteiger partial charge in [0.15, 0.2) is 0 Å². The number of aromatic nitrogens is 3. The molecular weight excluding hydrogens is 418 g/mol. The number of benzene rings is 2. The molecule has 1 atom stereocenters. The number of nitrogens with zero attached hydrogens (tertiary/aromatic N) is 5. The maximum absolute atomic E-state index is 12.5. The number of hydrogen-bond donors (Lipinski definition) is 1. The van der Waals surface area contributed by atoms with Crippen LogP contribution in [0.3, 0.4) is 0 Å². The minimum atomic E-state index is -0.766. The first-order valence-electron chi connectivity index (χ1n) is 11.5. The molecule has 1 aliphatic rings. The van der Waals surface area contributed by atoms with Crippen LogP contribution < -0.4 is 10.6 Å². The summed E-state index contributed by atoms with van der Waals surface area (Å²) in [5, 5.41) is 13.8. The van der Waals surface area contributed by atoms with Gasteiger partial charge in [-0.2, -0.15) is 5.10 Å². The van der Waals surface area contributed by atoms with Crippen molar-refractivity contribution in [1.82, 2.24) is 19.2 Å². The van der Waals surface area contributed by atoms with Crippen LogP contribution in [0.4, 0.5) is 5.69 Å². The largest absolute Gasteiger partial charge is 0.481 e. The Morgan fingerprint density at radius 3 is 2.18 bits per heavy atom. The molecule has 174 valence electrons. The van der Waals surface area contributed by atoms with Gasteiger partial charge in [0, 0.05) is 31.9 Å². The van der Waals surface area contributed by atoms with Crippen LogP contribution >= 0.6 is 0 Å². The van der Waals surface area contributed by atoms with Gasteiger partial charge in [-0.3, -0.25) is 9.69 Å². The van der Waals surface area contributed by atoms with Crippen LogP contribution in [0.1, 0.15) is 37.8 Å². The van der Waals surface area contributed by atoms with Gasteiger partial charge in [-0.1, -0.05) is 30.3 Å². The Bertz CT molecular complexity index is 1110. The zero-order valence-corrected chi connectivity index (χ0v) is 19.2. The lowest BCUT2D eigenvalue weighted by atomic mass is 9.95. The molecule has 0 bridgehead atoms. The molecule has 0 spiro atoms. The van der Waals surface area contributed by atoms with Gasteiger partial charge in [0.05, 0.1) is 17.6 Å². The summed E-state index contributed by atoms with van der Waals surface area (Å²) in [6, 6.07) is 17.5. The topological polar surface area (TPSA) is 83.6 Å². The fourth-order valence-corrected chi connectivity index (χ4v) is 4.33. The van der Waals surface area contributed by atoms with Crippen molar-refractivity contribution in [1.29, 1.82) is 0 Å². The molecule has 1 aromatic heterocycles. The highest BCUT2D eigenvalue weighted by Crippen LogP contribution is 2.22. The summed E-state index contributed by atoms with van der Waals surface area (Å²) < 4.78 is 3.03. The van der Waals surface area contributed by atoms with Crippen molar-refractivity contribution in [2.75, 3.05) is 37.6 Å². The van der Waals surface area contributed by atoms with Crippen LogP contribution in [0.15, 0.2) is 65.7 Å². The van der Waals surface area contributed by atoms with Crippen molar-refractivity contribution in [2.24, 2.45) is 0 Å². The minimum absolute atomic E-state index is 0.0211. The molecule has 3 aromatic rings. The Kier molecular flexibility index (Phi) is 6.93. The van der Waals surface area contributed by atoms with Crippen LogP contribution in [0.5, 0.6) is 0 Å². The lowest BCUT2D eigenvalue weighted by molar-refractivity contribution is -0.139. The highest BCUT2D eigenvalue weighted by atomic mass is 16.4. The van der Waals surface area contributed by atoms with Crippen molar-refractivity contribution in [3.63, 3.8) is 0 Å². The van der Waals surface area contributed by atoms with Gasteiger partial charge in [0.1, 0.15) is 6.33 Å². The summed E-state index contributed by atoms with van der Waals surface area (Å²) in [6.45, 7) is 8.19. The molecule has 1 N–H and O–H groups in total. The van der Waals surface area contributed by atoms with Crippen molar-refractivity contribution in [2.45, 2.75) is 32.2 Å². The predicted molar refractivity (Wildman–Crippen MR) is 128 cm³/mol. The molecule has 0 aliphatic carbocycles. The standard InChI is InChI=1S/C25H31N5O3/c1-19(2)30-25(33)29(18-26-30)22-10-8-21(9-11-22)28-16-14-27(15-17-28)13-12-23(24(31)32)20-6-4-3-5-7-20/h3-11,18-19,23H,12-17H2,1-2H3,(H,31,32). The van der Waals surface area contributed by atoms with E-state index in [1.54, 1.807) is 10.9 Å². The Labute approximate surface area is 193 Å². The van der Waals surface area contributed by atoms with Crippen molar-refractivity contribution in [3.8, 4) is 5.69 Å². The molecule has 1 unspecified atom stereocenters. The molecule has 2 aromatic carbocycles. The number of rotatable bonds is 8. The van der Waals surface area contributed by atoms with E-state index in [-0.39, 0.29) is 11.7 Å². The van der Waals surface area contributed by atoms with E-state index in [9.17, 15) is 14.7 Å². The van der Waals surface area contributed by atoms with Gasteiger partial charge in [-0.05, 0) is 56.6 Å². The summed E-state index contributed by atoms with van der Waals surface area (Å²) in [5.41, 5.74) is 2.65. The molecule has 8 nitrogen and oxygen atoms in total. The SMILES string of the molecule is CC(C)n1ncn(-c2ccc(N3CCN(CCC(C(=O)O)c4ccccc4)CC3)cc2)c1=O. The lowest BCUT2D eigenvalue weighted by Gasteiger charge is -2.36. The van der Waals surface area contributed by atoms with Crippen molar-refractivity contribution in [3.05, 3.63) is 77.0 Å². The highest BCUT2D eigenvalue weighted by Gasteiger charge is 2.23. The summed E-state index contributed by atoms with van der Waals surface area (Å²) in [5.74, 6) is -1.24. The smallest absolute Gasteiger partial charge is 0.350 e. The number of carbonyl (C=O) groups is 1. The Morgan fingerprint density at radius 2 is 1.61 bits per heavy atom. The number of aliphatic carboxylic acids is 1. The molecule has 0 saturated carbocycles. The maximum Gasteiger partial charge on any atom is 0.350 e. The van der Waals surface area contributed by atoms with E-state index in [1.165, 1.54) is 4.68 Å². The molecule has 1 saturated heterocycles. The van der Waals surface area contributed by atoms with E-state index >= 15 is 0 Å². The first-order valence-corrected chi connectivity index (χ1v) is 11.5. The molecule has 0 amide bonds. The first-order chi connectivity index (χ1) is 15.9. The molecule has 4 rings (SSSR count). The van der Waals surface area contributed by atoms with E-state index in [1.807, 2.05) is 68.4 Å². The van der Waals surface area contributed by atoms with Gasteiger partial charge in [-0.15, -0.1) is 0 Å². The fraction of sp³-hybridized carbons (Fsp3) is 0.400. The summed E-state index contributed by atoms with van der Waals surface area (Å²) in [4.78, 5) is 28.9. The monoisotopic (exact) mass is 449 g/mol. The van der Waals surface area contributed by atoms with Crippen molar-refractivity contribution >= 4 is 11.7 Å². The zero-order chi connectivity index (χ0) is 23.4. The van der Waals surface area contributed by atoms with Crippen LogP contribution in [0.25, 0.3) is 5.69 Å². The van der Waals surface area contributed by atoms with Gasteiger partial charge in [-0.25, -0.2) is 14.0 Å². The van der Waals surface area contributed by atoms with Gasteiger partial charge >= 0.3 is 11.7 Å². The third kappa shape index (κ3) is 5.17. The Hall–Kier alpha value is -3.39. The zero-order valence-electron chi connectivity index (χ0n) is 19.2. The number of carboxylic acids is 1. The van der Waals surface area contributed by atoms with E-state index in [0.717, 1.165) is 49.7 Å². The molecule has 1 aliphatic heterocycles. The third-order valence-corrected chi connectivity index (χ3v) is 6.28. The summed E-state index contributed by atoms with van der Waals surface area (Å²) >= 11 is 0. The third-order valence-electron chi connectivity index (χ3n) is 6.28. The lowest BCUT2D eigenvalue weighted by Crippen LogP contribution is -2.47. The summed E-state index contributed by atoms with van der Waals surface area (Å²) in [6.07, 6.45) is 2.17. The summed E-state index contributed by atoms with van der Waals surface area (Å²) in [7, 11) is 0. The molecule has 33 heavy (non-hydrogen) atoms. The quantitative estimate of drug-likeness (QED) is 0.569.